The van der Waals surface area contributed by atoms with Crippen LogP contribution < -0.4 is 17.2 Å². The molecule has 0 spiro atoms. The molecule has 2 aromatic carbocycles. The van der Waals surface area contributed by atoms with Crippen molar-refractivity contribution >= 4 is 27.8 Å². The van der Waals surface area contributed by atoms with Gasteiger partial charge in [0.1, 0.15) is 0 Å². The van der Waals surface area contributed by atoms with Gasteiger partial charge in [-0.05, 0) is 47.5 Å². The van der Waals surface area contributed by atoms with E-state index in [9.17, 15) is 0 Å². The van der Waals surface area contributed by atoms with E-state index in [0.29, 0.717) is 11.4 Å². The summed E-state index contributed by atoms with van der Waals surface area (Å²) in [4.78, 5) is 0. The van der Waals surface area contributed by atoms with Crippen molar-refractivity contribution in [3.05, 3.63) is 29.8 Å². The summed E-state index contributed by atoms with van der Waals surface area (Å²) >= 11 is 0. The quantitative estimate of drug-likeness (QED) is 0.551. The monoisotopic (exact) mass is 187 g/mol. The molecule has 3 nitrogen and oxygen atoms in total. The van der Waals surface area contributed by atoms with Crippen LogP contribution in [0.1, 0.15) is 5.56 Å². The van der Waals surface area contributed by atoms with Gasteiger partial charge in [-0.2, -0.15) is 0 Å². The maximum absolute atomic E-state index is 5.80. The molecule has 0 aromatic heterocycles. The fraction of sp³-hybridized carbons (Fsp3) is 0.0909. The predicted molar refractivity (Wildman–Crippen MR) is 61.9 cm³/mol. The molecule has 0 aliphatic carbocycles. The van der Waals surface area contributed by atoms with Gasteiger partial charge in [-0.3, -0.25) is 0 Å². The third-order valence-electron chi connectivity index (χ3n) is 2.43. The summed E-state index contributed by atoms with van der Waals surface area (Å²) in [5.41, 5.74) is 20.3. The van der Waals surface area contributed by atoms with E-state index in [1.165, 1.54) is 0 Å². The lowest BCUT2D eigenvalue weighted by atomic mass is 10.0. The van der Waals surface area contributed by atoms with Gasteiger partial charge in [-0.1, -0.05) is 0 Å². The van der Waals surface area contributed by atoms with Gasteiger partial charge < -0.3 is 17.2 Å². The maximum atomic E-state index is 5.80. The molecule has 72 valence electrons. The van der Waals surface area contributed by atoms with Crippen LogP contribution in [0, 0.1) is 6.92 Å². The zero-order valence-electron chi connectivity index (χ0n) is 8.04. The molecule has 2 aromatic rings. The number of rotatable bonds is 0. The summed E-state index contributed by atoms with van der Waals surface area (Å²) in [6.45, 7) is 1.97. The molecule has 0 fully saturated rings. The Hall–Kier alpha value is -1.90. The molecular weight excluding hydrogens is 174 g/mol. The van der Waals surface area contributed by atoms with Crippen LogP contribution >= 0.6 is 0 Å². The van der Waals surface area contributed by atoms with Crippen LogP contribution in [-0.2, 0) is 0 Å². The fourth-order valence-corrected chi connectivity index (χ4v) is 1.52. The van der Waals surface area contributed by atoms with Gasteiger partial charge in [0.05, 0.1) is 11.4 Å². The highest BCUT2D eigenvalue weighted by Crippen LogP contribution is 2.27. The minimum absolute atomic E-state index is 0.598. The summed E-state index contributed by atoms with van der Waals surface area (Å²) in [7, 11) is 0. The van der Waals surface area contributed by atoms with Crippen molar-refractivity contribution in [1.82, 2.24) is 0 Å². The van der Waals surface area contributed by atoms with E-state index in [1.807, 2.05) is 31.2 Å². The van der Waals surface area contributed by atoms with Crippen LogP contribution in [0.4, 0.5) is 17.1 Å². The van der Waals surface area contributed by atoms with Gasteiger partial charge in [0.15, 0.2) is 0 Å². The van der Waals surface area contributed by atoms with Crippen molar-refractivity contribution in [2.45, 2.75) is 6.92 Å². The first-order valence-electron chi connectivity index (χ1n) is 4.43. The molecule has 0 heterocycles. The van der Waals surface area contributed by atoms with Crippen LogP contribution in [0.3, 0.4) is 0 Å². The van der Waals surface area contributed by atoms with E-state index in [1.54, 1.807) is 0 Å². The van der Waals surface area contributed by atoms with Crippen LogP contribution in [0.2, 0.25) is 0 Å². The van der Waals surface area contributed by atoms with Gasteiger partial charge in [0.2, 0.25) is 0 Å². The van der Waals surface area contributed by atoms with Crippen molar-refractivity contribution in [3.63, 3.8) is 0 Å². The third-order valence-corrected chi connectivity index (χ3v) is 2.43. The zero-order valence-corrected chi connectivity index (χ0v) is 8.04. The Morgan fingerprint density at radius 2 is 1.14 bits per heavy atom. The predicted octanol–water partition coefficient (Wildman–Crippen LogP) is 1.89. The van der Waals surface area contributed by atoms with Crippen molar-refractivity contribution in [2.24, 2.45) is 0 Å². The Morgan fingerprint density at radius 1 is 0.714 bits per heavy atom. The number of fused-ring (bicyclic) bond motifs is 1. The molecule has 0 aliphatic rings. The smallest absolute Gasteiger partial charge is 0.0554 e. The Morgan fingerprint density at radius 3 is 1.71 bits per heavy atom. The molecule has 2 rings (SSSR count). The maximum Gasteiger partial charge on any atom is 0.0554 e. The molecule has 3 heteroatoms. The number of benzene rings is 2. The van der Waals surface area contributed by atoms with Gasteiger partial charge in [-0.15, -0.1) is 0 Å². The van der Waals surface area contributed by atoms with Crippen molar-refractivity contribution in [3.8, 4) is 0 Å². The Balaban J connectivity index is 2.83. The molecule has 0 radical (unpaired) electrons. The van der Waals surface area contributed by atoms with Gasteiger partial charge in [0.25, 0.3) is 0 Å². The van der Waals surface area contributed by atoms with E-state index in [0.717, 1.165) is 22.0 Å². The first-order chi connectivity index (χ1) is 6.58. The van der Waals surface area contributed by atoms with E-state index >= 15 is 0 Å². The minimum atomic E-state index is 0.598. The standard InChI is InChI=1S/C11H13N3/c1-6-2-7-4-10(13)11(14)5-8(7)3-9(6)12/h2-5H,12-14H2,1H3. The molecule has 0 atom stereocenters. The summed E-state index contributed by atoms with van der Waals surface area (Å²) in [5, 5.41) is 2.10. The lowest BCUT2D eigenvalue weighted by Gasteiger charge is -2.06. The van der Waals surface area contributed by atoms with Crippen LogP contribution in [0.25, 0.3) is 10.8 Å². The Bertz CT molecular complexity index is 414. The van der Waals surface area contributed by atoms with Crippen LogP contribution in [0.15, 0.2) is 24.3 Å². The summed E-state index contributed by atoms with van der Waals surface area (Å²) in [6, 6.07) is 7.65. The Labute approximate surface area is 82.5 Å². The molecule has 0 aliphatic heterocycles. The number of nitrogen functional groups attached to an aromatic ring is 3. The summed E-state index contributed by atoms with van der Waals surface area (Å²) in [6.07, 6.45) is 0. The molecule has 0 bridgehead atoms. The highest BCUT2D eigenvalue weighted by molar-refractivity contribution is 5.93. The second-order valence-electron chi connectivity index (χ2n) is 3.54. The normalized spacial score (nSPS) is 10.6. The largest absolute Gasteiger partial charge is 0.398 e. The van der Waals surface area contributed by atoms with Crippen molar-refractivity contribution < 1.29 is 0 Å². The van der Waals surface area contributed by atoms with Gasteiger partial charge >= 0.3 is 0 Å². The van der Waals surface area contributed by atoms with E-state index in [-0.39, 0.29) is 0 Å². The molecule has 6 N–H and O–H groups in total. The molecule has 0 saturated carbocycles. The average Bonchev–Trinajstić information content (AvgIpc) is 2.11. The van der Waals surface area contributed by atoms with Gasteiger partial charge in [0, 0.05) is 5.69 Å². The second-order valence-corrected chi connectivity index (χ2v) is 3.54. The highest BCUT2D eigenvalue weighted by Gasteiger charge is 2.01. The number of nitrogens with two attached hydrogens (primary N) is 3. The molecule has 0 unspecified atom stereocenters. The van der Waals surface area contributed by atoms with Crippen molar-refractivity contribution in [1.29, 1.82) is 0 Å². The highest BCUT2D eigenvalue weighted by atomic mass is 14.7. The summed E-state index contributed by atoms with van der Waals surface area (Å²) in [5.74, 6) is 0. The molecular formula is C11H13N3. The van der Waals surface area contributed by atoms with Gasteiger partial charge in [-0.25, -0.2) is 0 Å². The lowest BCUT2D eigenvalue weighted by Crippen LogP contribution is -1.95. The summed E-state index contributed by atoms with van der Waals surface area (Å²) < 4.78 is 0. The van der Waals surface area contributed by atoms with Crippen molar-refractivity contribution in [2.75, 3.05) is 17.2 Å². The third kappa shape index (κ3) is 1.23. The Kier molecular flexibility index (Phi) is 1.74. The molecule has 14 heavy (non-hydrogen) atoms. The lowest BCUT2D eigenvalue weighted by molar-refractivity contribution is 1.50. The van der Waals surface area contributed by atoms with E-state index in [4.69, 9.17) is 17.2 Å². The topological polar surface area (TPSA) is 78.1 Å². The number of hydrogen-bond donors (Lipinski definition) is 3. The minimum Gasteiger partial charge on any atom is -0.398 e. The molecule has 0 saturated heterocycles. The van der Waals surface area contributed by atoms with E-state index in [2.05, 4.69) is 0 Å². The number of aryl methyl sites for hydroxylation is 1. The zero-order chi connectivity index (χ0) is 10.3. The average molecular weight is 187 g/mol. The SMILES string of the molecule is Cc1cc2cc(N)c(N)cc2cc1N. The van der Waals surface area contributed by atoms with E-state index < -0.39 is 0 Å². The van der Waals surface area contributed by atoms with Crippen LogP contribution in [-0.4, -0.2) is 0 Å². The first kappa shape index (κ1) is 8.69. The first-order valence-corrected chi connectivity index (χ1v) is 4.43. The molecule has 0 amide bonds. The number of anilines is 3. The number of hydrogen-bond acceptors (Lipinski definition) is 3. The second kappa shape index (κ2) is 2.80. The fourth-order valence-electron chi connectivity index (χ4n) is 1.52. The van der Waals surface area contributed by atoms with Crippen LogP contribution in [0.5, 0.6) is 0 Å².